The Labute approximate surface area is 119 Å². The van der Waals surface area contributed by atoms with Crippen LogP contribution in [0.2, 0.25) is 0 Å². The zero-order chi connectivity index (χ0) is 14.2. The molecule has 4 nitrogen and oxygen atoms in total. The van der Waals surface area contributed by atoms with E-state index in [1.807, 2.05) is 34.6 Å². The van der Waals surface area contributed by atoms with Crippen molar-refractivity contribution < 1.29 is 13.2 Å². The zero-order valence-corrected chi connectivity index (χ0v) is 14.3. The number of morpholine rings is 1. The van der Waals surface area contributed by atoms with Crippen molar-refractivity contribution in [2.45, 2.75) is 46.3 Å². The largest absolute Gasteiger partial charge is 0.369 e. The summed E-state index contributed by atoms with van der Waals surface area (Å²) in [6, 6.07) is 0. The van der Waals surface area contributed by atoms with Crippen LogP contribution in [0.1, 0.15) is 34.6 Å². The summed E-state index contributed by atoms with van der Waals surface area (Å²) < 4.78 is 32.2. The van der Waals surface area contributed by atoms with Crippen LogP contribution in [0.15, 0.2) is 0 Å². The third-order valence-corrected chi connectivity index (χ3v) is 5.65. The summed E-state index contributed by atoms with van der Waals surface area (Å²) >= 11 is 3.37. The highest BCUT2D eigenvalue weighted by atomic mass is 79.9. The third kappa shape index (κ3) is 4.79. The van der Waals surface area contributed by atoms with Crippen LogP contribution >= 0.6 is 15.9 Å². The quantitative estimate of drug-likeness (QED) is 0.739. The van der Waals surface area contributed by atoms with Crippen LogP contribution in [0.3, 0.4) is 0 Å². The lowest BCUT2D eigenvalue weighted by atomic mass is 10.0. The van der Waals surface area contributed by atoms with Gasteiger partial charge in [-0.05, 0) is 19.3 Å². The van der Waals surface area contributed by atoms with Crippen molar-refractivity contribution in [1.29, 1.82) is 0 Å². The number of halogens is 1. The first-order chi connectivity index (χ1) is 7.95. The summed E-state index contributed by atoms with van der Waals surface area (Å²) in [4.78, 5) is 0. The SMILES string of the molecule is CC(C)(C)CS(=O)(=O)N1CC(CBr)OC(C)(C)C1. The second-order valence-electron chi connectivity index (χ2n) is 6.76. The maximum Gasteiger partial charge on any atom is 0.214 e. The van der Waals surface area contributed by atoms with Crippen LogP contribution in [-0.2, 0) is 14.8 Å². The van der Waals surface area contributed by atoms with Gasteiger partial charge in [0.15, 0.2) is 0 Å². The molecule has 0 N–H and O–H groups in total. The van der Waals surface area contributed by atoms with Gasteiger partial charge in [-0.1, -0.05) is 36.7 Å². The van der Waals surface area contributed by atoms with E-state index < -0.39 is 15.6 Å². The highest BCUT2D eigenvalue weighted by Gasteiger charge is 2.39. The molecule has 6 heteroatoms. The second-order valence-corrected chi connectivity index (χ2v) is 9.38. The normalized spacial score (nSPS) is 26.2. The summed E-state index contributed by atoms with van der Waals surface area (Å²) in [7, 11) is -3.22. The molecule has 1 unspecified atom stereocenters. The molecular weight excluding hydrogens is 318 g/mol. The van der Waals surface area contributed by atoms with E-state index >= 15 is 0 Å². The molecule has 1 fully saturated rings. The van der Waals surface area contributed by atoms with Crippen molar-refractivity contribution in [1.82, 2.24) is 4.31 Å². The van der Waals surface area contributed by atoms with Gasteiger partial charge in [-0.3, -0.25) is 0 Å². The fourth-order valence-corrected chi connectivity index (χ4v) is 4.69. The molecule has 0 spiro atoms. The van der Waals surface area contributed by atoms with Crippen molar-refractivity contribution in [3.63, 3.8) is 0 Å². The highest BCUT2D eigenvalue weighted by molar-refractivity contribution is 9.09. The summed E-state index contributed by atoms with van der Waals surface area (Å²) in [5, 5.41) is 0.651. The maximum atomic E-state index is 12.4. The summed E-state index contributed by atoms with van der Waals surface area (Å²) in [6.07, 6.45) is -0.0801. The Balaban J connectivity index is 2.88. The van der Waals surface area contributed by atoms with E-state index in [4.69, 9.17) is 4.74 Å². The molecule has 108 valence electrons. The molecule has 0 amide bonds. The van der Waals surface area contributed by atoms with Crippen molar-refractivity contribution in [3.8, 4) is 0 Å². The maximum absolute atomic E-state index is 12.4. The molecule has 0 aliphatic carbocycles. The van der Waals surface area contributed by atoms with Crippen LogP contribution in [0.4, 0.5) is 0 Å². The van der Waals surface area contributed by atoms with Crippen LogP contribution in [0, 0.1) is 5.41 Å². The van der Waals surface area contributed by atoms with Crippen LogP contribution in [-0.4, -0.2) is 48.6 Å². The van der Waals surface area contributed by atoms with E-state index in [9.17, 15) is 8.42 Å². The second kappa shape index (κ2) is 5.38. The number of ether oxygens (including phenoxy) is 1. The molecule has 0 aromatic rings. The van der Waals surface area contributed by atoms with Crippen molar-refractivity contribution in [2.24, 2.45) is 5.41 Å². The van der Waals surface area contributed by atoms with Crippen LogP contribution in [0.25, 0.3) is 0 Å². The first-order valence-electron chi connectivity index (χ1n) is 6.17. The number of sulfonamides is 1. The number of alkyl halides is 1. The van der Waals surface area contributed by atoms with Gasteiger partial charge in [-0.25, -0.2) is 8.42 Å². The summed E-state index contributed by atoms with van der Waals surface area (Å²) in [6.45, 7) is 10.6. The minimum absolute atomic E-state index is 0.0801. The molecule has 1 rings (SSSR count). The number of hydrogen-bond donors (Lipinski definition) is 0. The smallest absolute Gasteiger partial charge is 0.214 e. The van der Waals surface area contributed by atoms with E-state index in [1.165, 1.54) is 0 Å². The molecule has 0 aromatic carbocycles. The van der Waals surface area contributed by atoms with Crippen molar-refractivity contribution in [3.05, 3.63) is 0 Å². The Hall–Kier alpha value is 0.350. The lowest BCUT2D eigenvalue weighted by Crippen LogP contribution is -2.56. The topological polar surface area (TPSA) is 46.6 Å². The van der Waals surface area contributed by atoms with E-state index in [0.717, 1.165) is 0 Å². The molecule has 18 heavy (non-hydrogen) atoms. The summed E-state index contributed by atoms with van der Waals surface area (Å²) in [5.41, 5.74) is -0.660. The van der Waals surface area contributed by atoms with Gasteiger partial charge in [0, 0.05) is 18.4 Å². The van der Waals surface area contributed by atoms with Gasteiger partial charge in [0.25, 0.3) is 0 Å². The molecule has 0 bridgehead atoms. The minimum Gasteiger partial charge on any atom is -0.369 e. The van der Waals surface area contributed by atoms with Gasteiger partial charge in [0.1, 0.15) is 0 Å². The minimum atomic E-state index is -3.22. The number of hydrogen-bond acceptors (Lipinski definition) is 3. The van der Waals surface area contributed by atoms with Gasteiger partial charge >= 0.3 is 0 Å². The van der Waals surface area contributed by atoms with Gasteiger partial charge < -0.3 is 4.74 Å². The molecule has 0 aromatic heterocycles. The van der Waals surface area contributed by atoms with E-state index in [1.54, 1.807) is 4.31 Å². The lowest BCUT2D eigenvalue weighted by Gasteiger charge is -2.42. The molecule has 0 radical (unpaired) electrons. The Bertz CT molecular complexity index is 387. The average Bonchev–Trinajstić information content (AvgIpc) is 2.11. The molecule has 1 aliphatic rings. The molecule has 1 heterocycles. The molecule has 1 aliphatic heterocycles. The lowest BCUT2D eigenvalue weighted by molar-refractivity contribution is -0.107. The predicted molar refractivity (Wildman–Crippen MR) is 77.6 cm³/mol. The fraction of sp³-hybridized carbons (Fsp3) is 1.00. The van der Waals surface area contributed by atoms with Crippen LogP contribution < -0.4 is 0 Å². The highest BCUT2D eigenvalue weighted by Crippen LogP contribution is 2.27. The number of rotatable bonds is 3. The Morgan fingerprint density at radius 2 is 1.94 bits per heavy atom. The first kappa shape index (κ1) is 16.4. The van der Waals surface area contributed by atoms with Crippen molar-refractivity contribution >= 4 is 26.0 Å². The van der Waals surface area contributed by atoms with E-state index in [0.29, 0.717) is 18.4 Å². The van der Waals surface area contributed by atoms with Gasteiger partial charge in [0.2, 0.25) is 10.0 Å². The zero-order valence-electron chi connectivity index (χ0n) is 11.9. The standard InChI is InChI=1S/C12H24BrNO3S/c1-11(2,3)9-18(15,16)14-7-10(6-13)17-12(4,5)8-14/h10H,6-9H2,1-5H3. The van der Waals surface area contributed by atoms with Crippen LogP contribution in [0.5, 0.6) is 0 Å². The average molecular weight is 342 g/mol. The summed E-state index contributed by atoms with van der Waals surface area (Å²) in [5.74, 6) is 0.172. The molecule has 0 saturated carbocycles. The Kier molecular flexibility index (Phi) is 4.91. The van der Waals surface area contributed by atoms with Gasteiger partial charge in [-0.2, -0.15) is 4.31 Å². The monoisotopic (exact) mass is 341 g/mol. The predicted octanol–water partition coefficient (Wildman–Crippen LogP) is 2.24. The Morgan fingerprint density at radius 1 is 1.39 bits per heavy atom. The third-order valence-electron chi connectivity index (χ3n) is 2.63. The Morgan fingerprint density at radius 3 is 2.39 bits per heavy atom. The van der Waals surface area contributed by atoms with Crippen molar-refractivity contribution in [2.75, 3.05) is 24.2 Å². The molecule has 1 saturated heterocycles. The first-order valence-corrected chi connectivity index (χ1v) is 8.90. The van der Waals surface area contributed by atoms with Gasteiger partial charge in [0.05, 0.1) is 17.5 Å². The molecule has 1 atom stereocenters. The molecular formula is C12H24BrNO3S. The van der Waals surface area contributed by atoms with E-state index in [-0.39, 0.29) is 17.3 Å². The fourth-order valence-electron chi connectivity index (χ4n) is 2.17. The number of nitrogens with zero attached hydrogens (tertiary/aromatic N) is 1. The van der Waals surface area contributed by atoms with Gasteiger partial charge in [-0.15, -0.1) is 0 Å². The van der Waals surface area contributed by atoms with E-state index in [2.05, 4.69) is 15.9 Å².